The van der Waals surface area contributed by atoms with E-state index in [4.69, 9.17) is 4.74 Å². The lowest BCUT2D eigenvalue weighted by atomic mass is 10.3. The fourth-order valence-electron chi connectivity index (χ4n) is 0.798. The molecule has 0 atom stereocenters. The van der Waals surface area contributed by atoms with Gasteiger partial charge in [-0.3, -0.25) is 0 Å². The van der Waals surface area contributed by atoms with E-state index in [1.165, 1.54) is 0 Å². The first-order chi connectivity index (χ1) is 4.88. The van der Waals surface area contributed by atoms with Crippen LogP contribution in [0.1, 0.15) is 5.56 Å². The predicted molar refractivity (Wildman–Crippen MR) is 37.4 cm³/mol. The number of hydrogen-bond acceptors (Lipinski definition) is 2. The van der Waals surface area contributed by atoms with Crippen LogP contribution in [0, 0.1) is 0 Å². The number of aromatic nitrogens is 1. The molecular formula is C7H11N2O+. The van der Waals surface area contributed by atoms with Crippen LogP contribution < -0.4 is 10.5 Å². The summed E-state index contributed by atoms with van der Waals surface area (Å²) in [4.78, 5) is 4.01. The highest BCUT2D eigenvalue weighted by Crippen LogP contribution is 2.10. The minimum atomic E-state index is 0.678. The second kappa shape index (κ2) is 3.17. The summed E-state index contributed by atoms with van der Waals surface area (Å²) in [6.07, 6.45) is 1.71. The zero-order valence-corrected chi connectivity index (χ0v) is 6.00. The third-order valence-corrected chi connectivity index (χ3v) is 1.31. The third-order valence-electron chi connectivity index (χ3n) is 1.31. The summed E-state index contributed by atoms with van der Waals surface area (Å²) in [6.45, 7) is 0.719. The lowest BCUT2D eigenvalue weighted by Gasteiger charge is -2.00. The van der Waals surface area contributed by atoms with Crippen molar-refractivity contribution in [3.05, 3.63) is 23.9 Å². The summed E-state index contributed by atoms with van der Waals surface area (Å²) in [5.74, 6) is 0.678. The Morgan fingerprint density at radius 2 is 2.50 bits per heavy atom. The van der Waals surface area contributed by atoms with Crippen molar-refractivity contribution in [2.45, 2.75) is 6.54 Å². The predicted octanol–water partition coefficient (Wildman–Crippen LogP) is -0.168. The van der Waals surface area contributed by atoms with Gasteiger partial charge in [0.2, 0.25) is 5.88 Å². The molecule has 0 aliphatic rings. The van der Waals surface area contributed by atoms with E-state index in [1.54, 1.807) is 13.3 Å². The number of methoxy groups -OCH3 is 1. The number of quaternary nitrogens is 1. The zero-order valence-electron chi connectivity index (χ0n) is 6.00. The molecule has 0 bridgehead atoms. The lowest BCUT2D eigenvalue weighted by molar-refractivity contribution is -0.386. The van der Waals surface area contributed by atoms with Crippen LogP contribution in [0.2, 0.25) is 0 Å². The van der Waals surface area contributed by atoms with E-state index in [1.807, 2.05) is 12.1 Å². The standard InChI is InChI=1S/C7H10N2O/c1-10-7-6(5-8)3-2-4-9-7/h2-4H,5,8H2,1H3/p+1. The van der Waals surface area contributed by atoms with Gasteiger partial charge in [0, 0.05) is 6.20 Å². The van der Waals surface area contributed by atoms with E-state index in [0.717, 1.165) is 12.1 Å². The number of ether oxygens (including phenoxy) is 1. The summed E-state index contributed by atoms with van der Waals surface area (Å²) in [7, 11) is 1.61. The van der Waals surface area contributed by atoms with E-state index in [-0.39, 0.29) is 0 Å². The molecule has 1 rings (SSSR count). The van der Waals surface area contributed by atoms with E-state index in [2.05, 4.69) is 10.7 Å². The summed E-state index contributed by atoms with van der Waals surface area (Å²) in [6, 6.07) is 3.84. The van der Waals surface area contributed by atoms with E-state index >= 15 is 0 Å². The van der Waals surface area contributed by atoms with Crippen molar-refractivity contribution in [2.24, 2.45) is 0 Å². The Bertz CT molecular complexity index is 190. The maximum Gasteiger partial charge on any atom is 0.221 e. The summed E-state index contributed by atoms with van der Waals surface area (Å²) >= 11 is 0. The Morgan fingerprint density at radius 1 is 1.70 bits per heavy atom. The quantitative estimate of drug-likeness (QED) is 0.618. The van der Waals surface area contributed by atoms with Crippen molar-refractivity contribution < 1.29 is 10.5 Å². The smallest absolute Gasteiger partial charge is 0.221 e. The van der Waals surface area contributed by atoms with Gasteiger partial charge in [-0.2, -0.15) is 0 Å². The molecule has 0 saturated heterocycles. The molecule has 54 valence electrons. The average molecular weight is 139 g/mol. The van der Waals surface area contributed by atoms with Crippen molar-refractivity contribution in [3.8, 4) is 5.88 Å². The molecule has 0 unspecified atom stereocenters. The van der Waals surface area contributed by atoms with Crippen LogP contribution in [0.3, 0.4) is 0 Å². The fraction of sp³-hybridized carbons (Fsp3) is 0.286. The normalized spacial score (nSPS) is 9.40. The maximum atomic E-state index is 4.99. The molecule has 0 aromatic carbocycles. The number of hydrogen-bond donors (Lipinski definition) is 1. The highest BCUT2D eigenvalue weighted by Gasteiger charge is 2.00. The van der Waals surface area contributed by atoms with E-state index < -0.39 is 0 Å². The van der Waals surface area contributed by atoms with Crippen LogP contribution in [0.25, 0.3) is 0 Å². The second-order valence-electron chi connectivity index (χ2n) is 1.92. The highest BCUT2D eigenvalue weighted by atomic mass is 16.5. The average Bonchev–Trinajstić information content (AvgIpc) is 2.04. The summed E-state index contributed by atoms with van der Waals surface area (Å²) < 4.78 is 4.99. The molecule has 0 aliphatic heterocycles. The third kappa shape index (κ3) is 1.25. The van der Waals surface area contributed by atoms with E-state index in [0.29, 0.717) is 5.88 Å². The van der Waals surface area contributed by atoms with Gasteiger partial charge in [0.05, 0.1) is 12.7 Å². The Balaban J connectivity index is 2.96. The van der Waals surface area contributed by atoms with Crippen molar-refractivity contribution in [3.63, 3.8) is 0 Å². The molecule has 0 spiro atoms. The Morgan fingerprint density at radius 3 is 3.00 bits per heavy atom. The summed E-state index contributed by atoms with van der Waals surface area (Å²) in [5.41, 5.74) is 4.79. The van der Waals surface area contributed by atoms with Crippen molar-refractivity contribution in [1.29, 1.82) is 0 Å². The van der Waals surface area contributed by atoms with Gasteiger partial charge < -0.3 is 10.5 Å². The largest absolute Gasteiger partial charge is 0.481 e. The van der Waals surface area contributed by atoms with Crippen LogP contribution >= 0.6 is 0 Å². The monoisotopic (exact) mass is 139 g/mol. The molecule has 3 nitrogen and oxygen atoms in total. The molecule has 3 heteroatoms. The van der Waals surface area contributed by atoms with Crippen molar-refractivity contribution in [2.75, 3.05) is 7.11 Å². The molecule has 10 heavy (non-hydrogen) atoms. The van der Waals surface area contributed by atoms with Gasteiger partial charge >= 0.3 is 0 Å². The highest BCUT2D eigenvalue weighted by molar-refractivity contribution is 5.23. The molecule has 0 fully saturated rings. The zero-order chi connectivity index (χ0) is 7.40. The minimum absolute atomic E-state index is 0.678. The first kappa shape index (κ1) is 7.02. The summed E-state index contributed by atoms with van der Waals surface area (Å²) in [5, 5.41) is 0. The molecule has 0 aliphatic carbocycles. The first-order valence-corrected chi connectivity index (χ1v) is 3.15. The minimum Gasteiger partial charge on any atom is -0.481 e. The molecule has 1 heterocycles. The van der Waals surface area contributed by atoms with Gasteiger partial charge in [0.25, 0.3) is 0 Å². The Kier molecular flexibility index (Phi) is 2.23. The van der Waals surface area contributed by atoms with Gasteiger partial charge in [-0.15, -0.1) is 0 Å². The molecule has 0 saturated carbocycles. The molecule has 1 aromatic rings. The van der Waals surface area contributed by atoms with Crippen molar-refractivity contribution in [1.82, 2.24) is 4.98 Å². The van der Waals surface area contributed by atoms with Crippen LogP contribution in [-0.4, -0.2) is 12.1 Å². The van der Waals surface area contributed by atoms with Crippen LogP contribution in [0.4, 0.5) is 0 Å². The number of pyridine rings is 1. The fourth-order valence-corrected chi connectivity index (χ4v) is 0.798. The molecule has 0 amide bonds. The maximum absolute atomic E-state index is 4.99. The van der Waals surface area contributed by atoms with Gasteiger partial charge in [0.15, 0.2) is 0 Å². The first-order valence-electron chi connectivity index (χ1n) is 3.15. The Labute approximate surface area is 59.8 Å². The molecular weight excluding hydrogens is 128 g/mol. The lowest BCUT2D eigenvalue weighted by Crippen LogP contribution is -2.47. The SMILES string of the molecule is COc1ncccc1C[NH3+]. The van der Waals surface area contributed by atoms with Gasteiger partial charge in [-0.25, -0.2) is 4.98 Å². The van der Waals surface area contributed by atoms with Crippen LogP contribution in [0.5, 0.6) is 5.88 Å². The number of nitrogens with zero attached hydrogens (tertiary/aromatic N) is 1. The van der Waals surface area contributed by atoms with Crippen molar-refractivity contribution >= 4 is 0 Å². The van der Waals surface area contributed by atoms with Gasteiger partial charge in [-0.1, -0.05) is 0 Å². The number of rotatable bonds is 2. The molecule has 0 radical (unpaired) electrons. The van der Waals surface area contributed by atoms with Gasteiger partial charge in [0.1, 0.15) is 6.54 Å². The topological polar surface area (TPSA) is 49.8 Å². The van der Waals surface area contributed by atoms with Gasteiger partial charge in [-0.05, 0) is 12.1 Å². The van der Waals surface area contributed by atoms with E-state index in [9.17, 15) is 0 Å². The molecule has 1 aromatic heterocycles. The van der Waals surface area contributed by atoms with Crippen LogP contribution in [0.15, 0.2) is 18.3 Å². The second-order valence-corrected chi connectivity index (χ2v) is 1.92. The Hall–Kier alpha value is -1.09. The van der Waals surface area contributed by atoms with Crippen LogP contribution in [-0.2, 0) is 6.54 Å². The molecule has 3 N–H and O–H groups in total.